The summed E-state index contributed by atoms with van der Waals surface area (Å²) < 4.78 is 24.9. The van der Waals surface area contributed by atoms with Crippen molar-refractivity contribution in [2.24, 2.45) is 0 Å². The third kappa shape index (κ3) is 3.85. The first-order valence-corrected chi connectivity index (χ1v) is 9.77. The molecule has 0 unspecified atom stereocenters. The second-order valence-electron chi connectivity index (χ2n) is 7.56. The second-order valence-corrected chi connectivity index (χ2v) is 7.56. The van der Waals surface area contributed by atoms with E-state index in [2.05, 4.69) is 10.1 Å². The average Bonchev–Trinajstić information content (AvgIpc) is 3.43. The molecule has 2 aliphatic rings. The van der Waals surface area contributed by atoms with E-state index in [0.29, 0.717) is 30.4 Å². The molecule has 0 radical (unpaired) electrons. The fourth-order valence-electron chi connectivity index (χ4n) is 3.36. The second kappa shape index (κ2) is 7.31. The molecule has 2 fully saturated rings. The van der Waals surface area contributed by atoms with Crippen LogP contribution in [0.4, 0.5) is 4.39 Å². The minimum atomic E-state index is -0.347. The molecule has 1 saturated carbocycles. The number of hydrogen-bond acceptors (Lipinski definition) is 5. The molecule has 0 atom stereocenters. The van der Waals surface area contributed by atoms with Gasteiger partial charge in [0.15, 0.2) is 0 Å². The number of rotatable bonds is 6. The zero-order chi connectivity index (χ0) is 19.8. The van der Waals surface area contributed by atoms with Crippen LogP contribution in [0.5, 0.6) is 5.75 Å². The smallest absolute Gasteiger partial charge is 0.230 e. The first-order chi connectivity index (χ1) is 14.2. The molecular weight excluding hydrogens is 373 g/mol. The molecule has 148 valence electrons. The van der Waals surface area contributed by atoms with Gasteiger partial charge in [-0.1, -0.05) is 23.4 Å². The summed E-state index contributed by atoms with van der Waals surface area (Å²) in [6.07, 6.45) is 2.25. The molecular formula is C22H20FN3O3. The lowest BCUT2D eigenvalue weighted by Gasteiger charge is -2.39. The molecule has 1 aliphatic carbocycles. The summed E-state index contributed by atoms with van der Waals surface area (Å²) >= 11 is 0. The molecule has 1 aromatic heterocycles. The lowest BCUT2D eigenvalue weighted by Crippen LogP contribution is -2.56. The van der Waals surface area contributed by atoms with Crippen LogP contribution in [0.15, 0.2) is 53.1 Å². The number of nitrogens with zero attached hydrogens (tertiary/aromatic N) is 3. The van der Waals surface area contributed by atoms with Gasteiger partial charge in [0.1, 0.15) is 17.7 Å². The Morgan fingerprint density at radius 1 is 1.14 bits per heavy atom. The number of amides is 1. The third-order valence-corrected chi connectivity index (χ3v) is 5.28. The van der Waals surface area contributed by atoms with Crippen molar-refractivity contribution in [1.82, 2.24) is 15.0 Å². The van der Waals surface area contributed by atoms with Gasteiger partial charge in [0, 0.05) is 11.5 Å². The van der Waals surface area contributed by atoms with E-state index in [0.717, 1.165) is 30.0 Å². The van der Waals surface area contributed by atoms with Gasteiger partial charge in [0.2, 0.25) is 17.6 Å². The average molecular weight is 393 g/mol. The lowest BCUT2D eigenvalue weighted by molar-refractivity contribution is -0.139. The van der Waals surface area contributed by atoms with Crippen LogP contribution in [-0.4, -0.2) is 40.1 Å². The van der Waals surface area contributed by atoms with Crippen LogP contribution in [0.2, 0.25) is 0 Å². The summed E-state index contributed by atoms with van der Waals surface area (Å²) in [5.41, 5.74) is 1.30. The van der Waals surface area contributed by atoms with Crippen molar-refractivity contribution in [2.45, 2.75) is 31.3 Å². The molecule has 6 nitrogen and oxygen atoms in total. The fraction of sp³-hybridized carbons (Fsp3) is 0.318. The van der Waals surface area contributed by atoms with E-state index >= 15 is 0 Å². The van der Waals surface area contributed by atoms with E-state index in [-0.39, 0.29) is 24.2 Å². The fourth-order valence-corrected chi connectivity index (χ4v) is 3.36. The molecule has 1 amide bonds. The van der Waals surface area contributed by atoms with Crippen molar-refractivity contribution in [3.8, 4) is 17.1 Å². The van der Waals surface area contributed by atoms with E-state index in [1.807, 2.05) is 24.3 Å². The van der Waals surface area contributed by atoms with E-state index < -0.39 is 0 Å². The Kier molecular flexibility index (Phi) is 4.50. The summed E-state index contributed by atoms with van der Waals surface area (Å²) in [6, 6.07) is 13.9. The first kappa shape index (κ1) is 17.8. The van der Waals surface area contributed by atoms with Gasteiger partial charge in [-0.25, -0.2) is 4.39 Å². The number of carbonyl (C=O) groups is 1. The van der Waals surface area contributed by atoms with Crippen LogP contribution in [0, 0.1) is 5.82 Å². The van der Waals surface area contributed by atoms with Gasteiger partial charge in [-0.2, -0.15) is 4.98 Å². The normalized spacial score (nSPS) is 16.5. The Hall–Kier alpha value is -3.22. The Labute approximate surface area is 167 Å². The minimum Gasteiger partial charge on any atom is -0.487 e. The van der Waals surface area contributed by atoms with Crippen molar-refractivity contribution in [3.05, 3.63) is 65.8 Å². The SMILES string of the molecule is O=C(Cc1ccccc1F)N1CC(Oc2ccc(-c3noc(C4CC4)n3)cc2)C1. The number of aromatic nitrogens is 2. The standard InChI is InChI=1S/C22H20FN3O3/c23-19-4-2-1-3-16(19)11-20(27)26-12-18(13-26)28-17-9-7-14(8-10-17)21-24-22(29-25-21)15-5-6-15/h1-4,7-10,15,18H,5-6,11-13H2. The number of likely N-dealkylation sites (tertiary alicyclic amines) is 1. The van der Waals surface area contributed by atoms with Gasteiger partial charge in [-0.15, -0.1) is 0 Å². The maximum absolute atomic E-state index is 13.7. The van der Waals surface area contributed by atoms with Crippen molar-refractivity contribution in [2.75, 3.05) is 13.1 Å². The van der Waals surface area contributed by atoms with Gasteiger partial charge in [0.25, 0.3) is 0 Å². The Bertz CT molecular complexity index is 1020. The van der Waals surface area contributed by atoms with Crippen LogP contribution < -0.4 is 4.74 Å². The molecule has 0 bridgehead atoms. The van der Waals surface area contributed by atoms with Gasteiger partial charge in [0.05, 0.1) is 19.5 Å². The lowest BCUT2D eigenvalue weighted by atomic mass is 10.1. The monoisotopic (exact) mass is 393 g/mol. The molecule has 5 rings (SSSR count). The molecule has 7 heteroatoms. The highest BCUT2D eigenvalue weighted by Crippen LogP contribution is 2.39. The van der Waals surface area contributed by atoms with Gasteiger partial charge in [-0.3, -0.25) is 4.79 Å². The zero-order valence-corrected chi connectivity index (χ0v) is 15.8. The molecule has 1 aliphatic heterocycles. The van der Waals surface area contributed by atoms with Crippen LogP contribution in [-0.2, 0) is 11.2 Å². The van der Waals surface area contributed by atoms with E-state index in [1.165, 1.54) is 6.07 Å². The number of carbonyl (C=O) groups excluding carboxylic acids is 1. The van der Waals surface area contributed by atoms with Gasteiger partial charge in [-0.05, 0) is 48.7 Å². The summed E-state index contributed by atoms with van der Waals surface area (Å²) in [5, 5.41) is 4.04. The van der Waals surface area contributed by atoms with Crippen LogP contribution in [0.1, 0.15) is 30.2 Å². The van der Waals surface area contributed by atoms with E-state index in [9.17, 15) is 9.18 Å². The van der Waals surface area contributed by atoms with Gasteiger partial charge < -0.3 is 14.2 Å². The van der Waals surface area contributed by atoms with Crippen molar-refractivity contribution in [1.29, 1.82) is 0 Å². The first-order valence-electron chi connectivity index (χ1n) is 9.77. The Morgan fingerprint density at radius 2 is 1.90 bits per heavy atom. The summed E-state index contributed by atoms with van der Waals surface area (Å²) in [7, 11) is 0. The molecule has 29 heavy (non-hydrogen) atoms. The molecule has 3 aromatic rings. The van der Waals surface area contributed by atoms with Crippen molar-refractivity contribution < 1.29 is 18.4 Å². The maximum Gasteiger partial charge on any atom is 0.230 e. The highest BCUT2D eigenvalue weighted by atomic mass is 19.1. The highest BCUT2D eigenvalue weighted by molar-refractivity contribution is 5.79. The van der Waals surface area contributed by atoms with Crippen LogP contribution >= 0.6 is 0 Å². The van der Waals surface area contributed by atoms with Crippen LogP contribution in [0.3, 0.4) is 0 Å². The quantitative estimate of drug-likeness (QED) is 0.640. The molecule has 1 saturated heterocycles. The highest BCUT2D eigenvalue weighted by Gasteiger charge is 2.32. The van der Waals surface area contributed by atoms with E-state index in [4.69, 9.17) is 9.26 Å². The van der Waals surface area contributed by atoms with Crippen molar-refractivity contribution >= 4 is 5.91 Å². The number of benzene rings is 2. The summed E-state index contributed by atoms with van der Waals surface area (Å²) in [4.78, 5) is 18.4. The maximum atomic E-state index is 13.7. The number of hydrogen-bond donors (Lipinski definition) is 0. The predicted molar refractivity (Wildman–Crippen MR) is 103 cm³/mol. The van der Waals surface area contributed by atoms with Gasteiger partial charge >= 0.3 is 0 Å². The molecule has 0 N–H and O–H groups in total. The summed E-state index contributed by atoms with van der Waals surface area (Å²) in [6.45, 7) is 1.01. The van der Waals surface area contributed by atoms with E-state index in [1.54, 1.807) is 23.1 Å². The molecule has 2 heterocycles. The van der Waals surface area contributed by atoms with Crippen LogP contribution in [0.25, 0.3) is 11.4 Å². The predicted octanol–water partition coefficient (Wildman–Crippen LogP) is 3.59. The topological polar surface area (TPSA) is 68.5 Å². The molecule has 0 spiro atoms. The summed E-state index contributed by atoms with van der Waals surface area (Å²) in [5.74, 6) is 2.03. The minimum absolute atomic E-state index is 0.0583. The number of halogens is 1. The third-order valence-electron chi connectivity index (χ3n) is 5.28. The number of ether oxygens (including phenoxy) is 1. The zero-order valence-electron chi connectivity index (χ0n) is 15.8. The largest absolute Gasteiger partial charge is 0.487 e. The molecule has 2 aromatic carbocycles. The Balaban J connectivity index is 1.13. The van der Waals surface area contributed by atoms with Crippen molar-refractivity contribution in [3.63, 3.8) is 0 Å². The Morgan fingerprint density at radius 3 is 2.62 bits per heavy atom.